The van der Waals surface area contributed by atoms with Gasteiger partial charge in [0.15, 0.2) is 0 Å². The molecule has 1 atom stereocenters. The Bertz CT molecular complexity index is 460. The number of morpholine rings is 1. The van der Waals surface area contributed by atoms with Gasteiger partial charge in [-0.1, -0.05) is 0 Å². The Labute approximate surface area is 137 Å². The number of primary amides is 1. The molecule has 0 spiro atoms. The van der Waals surface area contributed by atoms with Crippen molar-refractivity contribution in [1.82, 2.24) is 14.7 Å². The van der Waals surface area contributed by atoms with E-state index in [1.54, 1.807) is 0 Å². The smallest absolute Gasteiger partial charge is 0.243 e. The lowest BCUT2D eigenvalue weighted by atomic mass is 9.92. The van der Waals surface area contributed by atoms with Crippen molar-refractivity contribution in [3.05, 3.63) is 0 Å². The normalized spacial score (nSPS) is 27.4. The first-order chi connectivity index (χ1) is 11.0. The average molecular weight is 324 g/mol. The number of fused-ring (bicyclic) bond motifs is 1. The molecule has 0 aromatic carbocycles. The molecule has 0 bridgehead atoms. The van der Waals surface area contributed by atoms with Crippen molar-refractivity contribution in [2.24, 2.45) is 5.73 Å². The number of ether oxygens (including phenoxy) is 1. The Morgan fingerprint density at radius 2 is 1.96 bits per heavy atom. The molecule has 3 rings (SSSR count). The third-order valence-electron chi connectivity index (χ3n) is 5.41. The first-order valence-electron chi connectivity index (χ1n) is 8.64. The maximum Gasteiger partial charge on any atom is 0.243 e. The molecule has 3 aliphatic rings. The molecule has 2 amide bonds. The summed E-state index contributed by atoms with van der Waals surface area (Å²) in [5, 5.41) is 0. The first-order valence-corrected chi connectivity index (χ1v) is 8.64. The second kappa shape index (κ2) is 6.75. The predicted molar refractivity (Wildman–Crippen MR) is 85.8 cm³/mol. The van der Waals surface area contributed by atoms with Gasteiger partial charge in [0, 0.05) is 19.6 Å². The summed E-state index contributed by atoms with van der Waals surface area (Å²) in [6.45, 7) is 4.79. The molecule has 0 radical (unpaired) electrons. The maximum absolute atomic E-state index is 13.2. The lowest BCUT2D eigenvalue weighted by Gasteiger charge is -2.40. The van der Waals surface area contributed by atoms with E-state index in [0.717, 1.165) is 38.8 Å². The highest BCUT2D eigenvalue weighted by molar-refractivity contribution is 5.87. The number of hydrogen-bond donors (Lipinski definition) is 1. The van der Waals surface area contributed by atoms with Crippen LogP contribution in [0.1, 0.15) is 25.7 Å². The van der Waals surface area contributed by atoms with Crippen LogP contribution in [-0.2, 0) is 14.3 Å². The molecule has 3 fully saturated rings. The number of carbonyl (C=O) groups excluding carboxylic acids is 2. The molecule has 130 valence electrons. The maximum atomic E-state index is 13.2. The Balaban J connectivity index is 1.60. The summed E-state index contributed by atoms with van der Waals surface area (Å²) in [5.74, 6) is -0.0546. The number of nitrogens with zero attached hydrogens (tertiary/aromatic N) is 3. The Hall–Kier alpha value is -1.18. The van der Waals surface area contributed by atoms with Crippen LogP contribution >= 0.6 is 0 Å². The van der Waals surface area contributed by atoms with E-state index in [2.05, 4.69) is 4.90 Å². The van der Waals surface area contributed by atoms with Crippen LogP contribution in [0.2, 0.25) is 0 Å². The number of nitrogens with two attached hydrogens (primary N) is 1. The van der Waals surface area contributed by atoms with Crippen LogP contribution in [0, 0.1) is 0 Å². The molecule has 0 aromatic heterocycles. The van der Waals surface area contributed by atoms with Gasteiger partial charge in [0.25, 0.3) is 0 Å². The van der Waals surface area contributed by atoms with Crippen molar-refractivity contribution >= 4 is 11.8 Å². The lowest BCUT2D eigenvalue weighted by Crippen LogP contribution is -2.58. The van der Waals surface area contributed by atoms with E-state index in [1.165, 1.54) is 0 Å². The van der Waals surface area contributed by atoms with Crippen molar-refractivity contribution in [1.29, 1.82) is 0 Å². The van der Waals surface area contributed by atoms with Crippen LogP contribution in [-0.4, -0.2) is 91.1 Å². The minimum atomic E-state index is -0.345. The molecular formula is C16H28N4O3. The quantitative estimate of drug-likeness (QED) is 0.720. The molecule has 3 heterocycles. The van der Waals surface area contributed by atoms with Gasteiger partial charge in [0.05, 0.1) is 19.3 Å². The van der Waals surface area contributed by atoms with E-state index in [4.69, 9.17) is 10.5 Å². The number of hydrogen-bond acceptors (Lipinski definition) is 5. The van der Waals surface area contributed by atoms with Crippen LogP contribution in [0.4, 0.5) is 0 Å². The Morgan fingerprint density at radius 3 is 2.61 bits per heavy atom. The fraction of sp³-hybridized carbons (Fsp3) is 0.875. The highest BCUT2D eigenvalue weighted by Crippen LogP contribution is 2.40. The fourth-order valence-corrected chi connectivity index (χ4v) is 4.44. The predicted octanol–water partition coefficient (Wildman–Crippen LogP) is -0.741. The third-order valence-corrected chi connectivity index (χ3v) is 5.41. The summed E-state index contributed by atoms with van der Waals surface area (Å²) in [4.78, 5) is 30.4. The summed E-state index contributed by atoms with van der Waals surface area (Å²) in [5.41, 5.74) is 4.99. The molecular weight excluding hydrogens is 296 g/mol. The SMILES string of the molecule is CN(CC(N)=O)CC1CN(C(=O)C23CCCN2CCC3)CCO1. The molecule has 7 nitrogen and oxygen atoms in total. The van der Waals surface area contributed by atoms with Crippen LogP contribution in [0.25, 0.3) is 0 Å². The van der Waals surface area contributed by atoms with Gasteiger partial charge in [-0.15, -0.1) is 0 Å². The van der Waals surface area contributed by atoms with Crippen molar-refractivity contribution in [2.75, 3.05) is 52.9 Å². The van der Waals surface area contributed by atoms with Gasteiger partial charge in [-0.2, -0.15) is 0 Å². The van der Waals surface area contributed by atoms with Gasteiger partial charge in [-0.25, -0.2) is 0 Å². The van der Waals surface area contributed by atoms with Gasteiger partial charge in [-0.3, -0.25) is 19.4 Å². The van der Waals surface area contributed by atoms with Gasteiger partial charge in [0.2, 0.25) is 11.8 Å². The van der Waals surface area contributed by atoms with E-state index >= 15 is 0 Å². The van der Waals surface area contributed by atoms with Crippen molar-refractivity contribution in [2.45, 2.75) is 37.3 Å². The first kappa shape index (κ1) is 16.7. The van der Waals surface area contributed by atoms with Gasteiger partial charge >= 0.3 is 0 Å². The summed E-state index contributed by atoms with van der Waals surface area (Å²) in [6, 6.07) is 0. The second-order valence-electron chi connectivity index (χ2n) is 7.13. The highest BCUT2D eigenvalue weighted by atomic mass is 16.5. The summed E-state index contributed by atoms with van der Waals surface area (Å²) < 4.78 is 5.78. The van der Waals surface area contributed by atoms with E-state index < -0.39 is 0 Å². The van der Waals surface area contributed by atoms with Crippen molar-refractivity contribution in [3.63, 3.8) is 0 Å². The fourth-order valence-electron chi connectivity index (χ4n) is 4.44. The Kier molecular flexibility index (Phi) is 4.89. The minimum absolute atomic E-state index is 0.0512. The zero-order chi connectivity index (χ0) is 16.4. The molecule has 0 aliphatic carbocycles. The lowest BCUT2D eigenvalue weighted by molar-refractivity contribution is -0.149. The minimum Gasteiger partial charge on any atom is -0.373 e. The molecule has 0 aromatic rings. The average Bonchev–Trinajstić information content (AvgIpc) is 3.06. The van der Waals surface area contributed by atoms with Gasteiger partial charge in [-0.05, 0) is 45.8 Å². The molecule has 3 aliphatic heterocycles. The largest absolute Gasteiger partial charge is 0.373 e. The van der Waals surface area contributed by atoms with Crippen LogP contribution in [0.15, 0.2) is 0 Å². The van der Waals surface area contributed by atoms with E-state index in [9.17, 15) is 9.59 Å². The van der Waals surface area contributed by atoms with Gasteiger partial charge in [0.1, 0.15) is 5.54 Å². The zero-order valence-electron chi connectivity index (χ0n) is 14.0. The molecule has 2 N–H and O–H groups in total. The monoisotopic (exact) mass is 324 g/mol. The van der Waals surface area contributed by atoms with Crippen molar-refractivity contribution in [3.8, 4) is 0 Å². The molecule has 7 heteroatoms. The second-order valence-corrected chi connectivity index (χ2v) is 7.13. The molecule has 1 unspecified atom stereocenters. The van der Waals surface area contributed by atoms with Crippen LogP contribution < -0.4 is 5.73 Å². The third kappa shape index (κ3) is 3.36. The number of likely N-dealkylation sites (N-methyl/N-ethyl adjacent to an activating group) is 1. The van der Waals surface area contributed by atoms with Crippen LogP contribution in [0.5, 0.6) is 0 Å². The molecule has 23 heavy (non-hydrogen) atoms. The van der Waals surface area contributed by atoms with Crippen LogP contribution in [0.3, 0.4) is 0 Å². The van der Waals surface area contributed by atoms with Gasteiger partial charge < -0.3 is 15.4 Å². The summed E-state index contributed by atoms with van der Waals surface area (Å²) >= 11 is 0. The molecule has 3 saturated heterocycles. The topological polar surface area (TPSA) is 79.1 Å². The summed E-state index contributed by atoms with van der Waals surface area (Å²) in [6.07, 6.45) is 4.19. The standard InChI is InChI=1S/C16H28N4O3/c1-18(12-14(17)21)10-13-11-19(8-9-23-13)15(22)16-4-2-6-20(16)7-3-5-16/h13H,2-12H2,1H3,(H2,17,21). The van der Waals surface area contributed by atoms with E-state index in [0.29, 0.717) is 32.1 Å². The van der Waals surface area contributed by atoms with E-state index in [1.807, 2.05) is 16.8 Å². The zero-order valence-corrected chi connectivity index (χ0v) is 14.0. The Morgan fingerprint density at radius 1 is 1.26 bits per heavy atom. The highest BCUT2D eigenvalue weighted by Gasteiger charge is 2.51. The number of carbonyl (C=O) groups is 2. The summed E-state index contributed by atoms with van der Waals surface area (Å²) in [7, 11) is 1.85. The van der Waals surface area contributed by atoms with E-state index in [-0.39, 0.29) is 24.1 Å². The molecule has 0 saturated carbocycles. The van der Waals surface area contributed by atoms with Crippen molar-refractivity contribution < 1.29 is 14.3 Å². The number of amides is 2. The number of rotatable bonds is 5.